The smallest absolute Gasteiger partial charge is 0.186 e. The second-order valence-corrected chi connectivity index (χ2v) is 8.68. The maximum absolute atomic E-state index is 12.1. The molecule has 152 valence electrons. The van der Waals surface area contributed by atoms with Gasteiger partial charge in [0, 0.05) is 11.4 Å². The lowest BCUT2D eigenvalue weighted by Gasteiger charge is -2.22. The van der Waals surface area contributed by atoms with Gasteiger partial charge in [-0.2, -0.15) is 0 Å². The number of aliphatic hydroxyl groups excluding tert-OH is 1. The highest BCUT2D eigenvalue weighted by Gasteiger charge is 2.24. The first-order valence-electron chi connectivity index (χ1n) is 9.24. The molecule has 1 atom stereocenters. The summed E-state index contributed by atoms with van der Waals surface area (Å²) in [6.07, 6.45) is -1.33. The van der Waals surface area contributed by atoms with Crippen LogP contribution in [0.15, 0.2) is 42.5 Å². The van der Waals surface area contributed by atoms with Crippen molar-refractivity contribution in [3.05, 3.63) is 58.6 Å². The highest BCUT2D eigenvalue weighted by atomic mass is 35.5. The first-order chi connectivity index (χ1) is 13.5. The van der Waals surface area contributed by atoms with E-state index in [1.165, 1.54) is 4.80 Å². The number of carbonyl (C=O) groups excluding carboxylic acids is 1. The molecule has 7 heteroatoms. The van der Waals surface area contributed by atoms with Gasteiger partial charge < -0.3 is 10.2 Å². The van der Waals surface area contributed by atoms with Gasteiger partial charge in [0.15, 0.2) is 5.78 Å². The predicted molar refractivity (Wildman–Crippen MR) is 114 cm³/mol. The number of rotatable bonds is 5. The third-order valence-electron chi connectivity index (χ3n) is 4.73. The molecule has 2 N–H and O–H groups in total. The molecule has 0 radical (unpaired) electrons. The van der Waals surface area contributed by atoms with E-state index in [-0.39, 0.29) is 23.2 Å². The monoisotopic (exact) mass is 413 g/mol. The Morgan fingerprint density at radius 1 is 1.21 bits per heavy atom. The van der Waals surface area contributed by atoms with Crippen LogP contribution in [0.25, 0.3) is 16.7 Å². The SMILES string of the molecule is C=C(C)C(=O)C(O)Cc1cc(C(C)(C)C)cc(-n2nc3ccc(Cl)cc3n2)c1O. The number of Topliss-reactive ketones (excluding diaryl/α,β-unsaturated/α-hetero) is 1. The van der Waals surface area contributed by atoms with Crippen molar-refractivity contribution in [3.8, 4) is 11.4 Å². The fourth-order valence-corrected chi connectivity index (χ4v) is 3.17. The molecule has 0 aliphatic rings. The number of carbonyl (C=O) groups is 1. The molecule has 0 spiro atoms. The number of benzene rings is 2. The summed E-state index contributed by atoms with van der Waals surface area (Å²) in [5.74, 6) is -0.539. The first-order valence-corrected chi connectivity index (χ1v) is 9.62. The van der Waals surface area contributed by atoms with Crippen LogP contribution >= 0.6 is 11.6 Å². The standard InChI is InChI=1S/C22H24ClN3O3/c1-12(2)20(28)19(27)9-13-8-14(22(3,4)5)10-18(21(13)29)26-24-16-7-6-15(23)11-17(16)25-26/h6-8,10-11,19,27,29H,1,9H2,2-5H3. The summed E-state index contributed by atoms with van der Waals surface area (Å²) in [6, 6.07) is 8.78. The average molecular weight is 414 g/mol. The van der Waals surface area contributed by atoms with Crippen LogP contribution in [0, 0.1) is 0 Å². The van der Waals surface area contributed by atoms with E-state index >= 15 is 0 Å². The second-order valence-electron chi connectivity index (χ2n) is 8.24. The number of halogens is 1. The lowest BCUT2D eigenvalue weighted by molar-refractivity contribution is -0.123. The molecular formula is C22H24ClN3O3. The van der Waals surface area contributed by atoms with Crippen LogP contribution in [-0.4, -0.2) is 37.1 Å². The van der Waals surface area contributed by atoms with Gasteiger partial charge in [-0.05, 0) is 53.3 Å². The van der Waals surface area contributed by atoms with E-state index in [0.29, 0.717) is 27.3 Å². The molecule has 1 unspecified atom stereocenters. The number of phenols is 1. The minimum absolute atomic E-state index is 0.0406. The first kappa shape index (κ1) is 21.0. The third kappa shape index (κ3) is 4.33. The molecule has 0 fully saturated rings. The molecular weight excluding hydrogens is 390 g/mol. The second kappa shape index (κ2) is 7.61. The lowest BCUT2D eigenvalue weighted by atomic mass is 9.84. The van der Waals surface area contributed by atoms with Crippen LogP contribution < -0.4 is 0 Å². The van der Waals surface area contributed by atoms with Gasteiger partial charge in [-0.3, -0.25) is 4.79 Å². The highest BCUT2D eigenvalue weighted by Crippen LogP contribution is 2.34. The Morgan fingerprint density at radius 2 is 1.86 bits per heavy atom. The highest BCUT2D eigenvalue weighted by molar-refractivity contribution is 6.31. The zero-order valence-corrected chi connectivity index (χ0v) is 17.7. The molecule has 29 heavy (non-hydrogen) atoms. The largest absolute Gasteiger partial charge is 0.505 e. The van der Waals surface area contributed by atoms with Crippen molar-refractivity contribution in [1.82, 2.24) is 15.0 Å². The molecule has 0 amide bonds. The Balaban J connectivity index is 2.15. The van der Waals surface area contributed by atoms with Gasteiger partial charge in [0.05, 0.1) is 0 Å². The lowest BCUT2D eigenvalue weighted by Crippen LogP contribution is -2.24. The maximum atomic E-state index is 12.1. The van der Waals surface area contributed by atoms with Gasteiger partial charge in [-0.25, -0.2) is 0 Å². The number of aliphatic hydroxyl groups is 1. The Labute approximate surface area is 174 Å². The molecule has 0 aliphatic carbocycles. The van der Waals surface area contributed by atoms with E-state index in [9.17, 15) is 15.0 Å². The fraction of sp³-hybridized carbons (Fsp3) is 0.318. The van der Waals surface area contributed by atoms with Crippen molar-refractivity contribution in [2.75, 3.05) is 0 Å². The Kier molecular flexibility index (Phi) is 5.52. The molecule has 6 nitrogen and oxygen atoms in total. The number of hydrogen-bond acceptors (Lipinski definition) is 5. The summed E-state index contributed by atoms with van der Waals surface area (Å²) in [4.78, 5) is 13.4. The summed E-state index contributed by atoms with van der Waals surface area (Å²) < 4.78 is 0. The summed E-state index contributed by atoms with van der Waals surface area (Å²) in [7, 11) is 0. The number of hydrogen-bond donors (Lipinski definition) is 2. The Bertz CT molecular complexity index is 1110. The van der Waals surface area contributed by atoms with E-state index in [2.05, 4.69) is 16.8 Å². The van der Waals surface area contributed by atoms with E-state index in [4.69, 9.17) is 11.6 Å². The molecule has 0 aliphatic heterocycles. The number of phenolic OH excluding ortho intramolecular Hbond substituents is 1. The van der Waals surface area contributed by atoms with Gasteiger partial charge in [0.25, 0.3) is 0 Å². The minimum Gasteiger partial charge on any atom is -0.505 e. The van der Waals surface area contributed by atoms with E-state index in [1.807, 2.05) is 26.8 Å². The molecule has 0 bridgehead atoms. The molecule has 1 aromatic heterocycles. The van der Waals surface area contributed by atoms with Gasteiger partial charge in [-0.1, -0.05) is 45.0 Å². The molecule has 0 saturated heterocycles. The minimum atomic E-state index is -1.29. The molecule has 2 aromatic carbocycles. The van der Waals surface area contributed by atoms with Crippen molar-refractivity contribution >= 4 is 28.4 Å². The number of fused-ring (bicyclic) bond motifs is 1. The van der Waals surface area contributed by atoms with Crippen LogP contribution in [0.3, 0.4) is 0 Å². The van der Waals surface area contributed by atoms with Gasteiger partial charge in [0.2, 0.25) is 0 Å². The molecule has 3 aromatic rings. The summed E-state index contributed by atoms with van der Waals surface area (Å²) >= 11 is 6.03. The Morgan fingerprint density at radius 3 is 2.48 bits per heavy atom. The average Bonchev–Trinajstić information content (AvgIpc) is 3.04. The molecule has 0 saturated carbocycles. The number of aromatic hydroxyl groups is 1. The quantitative estimate of drug-likeness (QED) is 0.614. The van der Waals surface area contributed by atoms with Crippen molar-refractivity contribution in [1.29, 1.82) is 0 Å². The van der Waals surface area contributed by atoms with Gasteiger partial charge in [0.1, 0.15) is 28.6 Å². The summed E-state index contributed by atoms with van der Waals surface area (Å²) in [5.41, 5.74) is 2.97. The fourth-order valence-electron chi connectivity index (χ4n) is 3.00. The van der Waals surface area contributed by atoms with Crippen molar-refractivity contribution in [3.63, 3.8) is 0 Å². The van der Waals surface area contributed by atoms with Crippen molar-refractivity contribution < 1.29 is 15.0 Å². The van der Waals surface area contributed by atoms with Crippen LogP contribution in [0.4, 0.5) is 0 Å². The van der Waals surface area contributed by atoms with Gasteiger partial charge in [-0.15, -0.1) is 15.0 Å². The summed E-state index contributed by atoms with van der Waals surface area (Å²) in [5, 5.41) is 30.6. The third-order valence-corrected chi connectivity index (χ3v) is 4.96. The van der Waals surface area contributed by atoms with Crippen LogP contribution in [-0.2, 0) is 16.6 Å². The normalized spacial score (nSPS) is 12.9. The van der Waals surface area contributed by atoms with Crippen LogP contribution in [0.2, 0.25) is 5.02 Å². The zero-order chi connectivity index (χ0) is 21.5. The number of nitrogens with zero attached hydrogens (tertiary/aromatic N) is 3. The maximum Gasteiger partial charge on any atom is 0.186 e. The number of ketones is 1. The van der Waals surface area contributed by atoms with E-state index in [0.717, 1.165) is 5.56 Å². The predicted octanol–water partition coefficient (Wildman–Crippen LogP) is 4.13. The summed E-state index contributed by atoms with van der Waals surface area (Å²) in [6.45, 7) is 11.2. The molecule has 3 rings (SSSR count). The molecule has 1 heterocycles. The van der Waals surface area contributed by atoms with Gasteiger partial charge >= 0.3 is 0 Å². The van der Waals surface area contributed by atoms with Crippen LogP contribution in [0.1, 0.15) is 38.8 Å². The Hall–Kier alpha value is -2.70. The van der Waals surface area contributed by atoms with Crippen LogP contribution in [0.5, 0.6) is 5.75 Å². The van der Waals surface area contributed by atoms with Crippen molar-refractivity contribution in [2.24, 2.45) is 0 Å². The zero-order valence-electron chi connectivity index (χ0n) is 16.9. The van der Waals surface area contributed by atoms with E-state index < -0.39 is 11.9 Å². The number of aromatic nitrogens is 3. The van der Waals surface area contributed by atoms with Crippen molar-refractivity contribution in [2.45, 2.75) is 45.6 Å². The topological polar surface area (TPSA) is 88.2 Å². The van der Waals surface area contributed by atoms with E-state index in [1.54, 1.807) is 31.2 Å².